The van der Waals surface area contributed by atoms with Crippen molar-refractivity contribution in [3.8, 4) is 17.2 Å². The van der Waals surface area contributed by atoms with Gasteiger partial charge in [0.2, 0.25) is 5.91 Å². The standard InChI is InChI=1S/C20H31NO4/c1-7-8-14-9-16(14)20(22)21(13(2)3)12-15-10-18(24-5)19(25-6)11-17(15)23-4/h10-11,13-14,16H,7-9,12H2,1-6H3/t14-,16+/m0/s1. The fourth-order valence-electron chi connectivity index (χ4n) is 3.37. The van der Waals surface area contributed by atoms with E-state index in [1.807, 2.05) is 17.0 Å². The highest BCUT2D eigenvalue weighted by molar-refractivity contribution is 5.82. The highest BCUT2D eigenvalue weighted by Gasteiger charge is 2.44. The van der Waals surface area contributed by atoms with Crippen molar-refractivity contribution in [3.05, 3.63) is 17.7 Å². The summed E-state index contributed by atoms with van der Waals surface area (Å²) in [7, 11) is 4.84. The van der Waals surface area contributed by atoms with E-state index in [1.165, 1.54) is 0 Å². The number of hydrogen-bond donors (Lipinski definition) is 0. The molecule has 1 saturated carbocycles. The molecule has 0 aromatic heterocycles. The van der Waals surface area contributed by atoms with E-state index >= 15 is 0 Å². The molecule has 0 saturated heterocycles. The average Bonchev–Trinajstić information content (AvgIpc) is 3.37. The van der Waals surface area contributed by atoms with Gasteiger partial charge in [-0.2, -0.15) is 0 Å². The summed E-state index contributed by atoms with van der Waals surface area (Å²) >= 11 is 0. The van der Waals surface area contributed by atoms with Crippen LogP contribution in [0.5, 0.6) is 17.2 Å². The molecule has 1 aliphatic rings. The zero-order chi connectivity index (χ0) is 18.6. The number of amides is 1. The second-order valence-corrected chi connectivity index (χ2v) is 6.97. The van der Waals surface area contributed by atoms with Gasteiger partial charge in [0.05, 0.1) is 21.3 Å². The molecule has 1 amide bonds. The lowest BCUT2D eigenvalue weighted by atomic mass is 10.1. The second kappa shape index (κ2) is 8.45. The van der Waals surface area contributed by atoms with Gasteiger partial charge in [0.25, 0.3) is 0 Å². The molecule has 0 aliphatic heterocycles. The Hall–Kier alpha value is -1.91. The Morgan fingerprint density at radius 2 is 1.72 bits per heavy atom. The molecule has 1 fully saturated rings. The maximum Gasteiger partial charge on any atom is 0.226 e. The molecule has 5 heteroatoms. The number of nitrogens with zero attached hydrogens (tertiary/aromatic N) is 1. The SMILES string of the molecule is CCC[C@H]1C[C@H]1C(=O)N(Cc1cc(OC)c(OC)cc1OC)C(C)C. The molecule has 0 bridgehead atoms. The van der Waals surface area contributed by atoms with Crippen molar-refractivity contribution in [1.82, 2.24) is 4.90 Å². The Bertz CT molecular complexity index is 600. The Balaban J connectivity index is 2.23. The first-order valence-corrected chi connectivity index (χ1v) is 9.06. The zero-order valence-electron chi connectivity index (χ0n) is 16.3. The van der Waals surface area contributed by atoms with E-state index in [-0.39, 0.29) is 17.9 Å². The Morgan fingerprint density at radius 1 is 1.12 bits per heavy atom. The minimum absolute atomic E-state index is 0.133. The summed E-state index contributed by atoms with van der Waals surface area (Å²) in [5.41, 5.74) is 0.926. The third-order valence-corrected chi connectivity index (χ3v) is 4.93. The lowest BCUT2D eigenvalue weighted by Gasteiger charge is -2.28. The van der Waals surface area contributed by atoms with Gasteiger partial charge in [-0.25, -0.2) is 0 Å². The molecule has 0 heterocycles. The van der Waals surface area contributed by atoms with Crippen LogP contribution in [0, 0.1) is 11.8 Å². The number of methoxy groups -OCH3 is 3. The Morgan fingerprint density at radius 3 is 2.24 bits per heavy atom. The number of carbonyl (C=O) groups excluding carboxylic acids is 1. The predicted molar refractivity (Wildman–Crippen MR) is 98.3 cm³/mol. The third kappa shape index (κ3) is 4.39. The minimum atomic E-state index is 0.133. The van der Waals surface area contributed by atoms with Crippen LogP contribution < -0.4 is 14.2 Å². The summed E-state index contributed by atoms with van der Waals surface area (Å²) in [5.74, 6) is 2.97. The van der Waals surface area contributed by atoms with Gasteiger partial charge in [0, 0.05) is 30.1 Å². The van der Waals surface area contributed by atoms with Crippen molar-refractivity contribution >= 4 is 5.91 Å². The Kier molecular flexibility index (Phi) is 6.57. The number of hydrogen-bond acceptors (Lipinski definition) is 4. The topological polar surface area (TPSA) is 48.0 Å². The molecule has 2 atom stereocenters. The summed E-state index contributed by atoms with van der Waals surface area (Å²) in [5, 5.41) is 0. The van der Waals surface area contributed by atoms with Crippen molar-refractivity contribution in [3.63, 3.8) is 0 Å². The van der Waals surface area contributed by atoms with Crippen LogP contribution in [0.25, 0.3) is 0 Å². The zero-order valence-corrected chi connectivity index (χ0v) is 16.3. The van der Waals surface area contributed by atoms with E-state index in [0.29, 0.717) is 29.7 Å². The van der Waals surface area contributed by atoms with Crippen LogP contribution in [0.2, 0.25) is 0 Å². The summed E-state index contributed by atoms with van der Waals surface area (Å²) in [6.45, 7) is 6.80. The second-order valence-electron chi connectivity index (χ2n) is 6.97. The lowest BCUT2D eigenvalue weighted by molar-refractivity contribution is -0.135. The van der Waals surface area contributed by atoms with Crippen LogP contribution >= 0.6 is 0 Å². The quantitative estimate of drug-likeness (QED) is 0.679. The van der Waals surface area contributed by atoms with Crippen LogP contribution in [-0.4, -0.2) is 38.2 Å². The van der Waals surface area contributed by atoms with Crippen LogP contribution in [0.15, 0.2) is 12.1 Å². The maximum absolute atomic E-state index is 12.9. The first-order chi connectivity index (χ1) is 12.0. The molecular formula is C20H31NO4. The predicted octanol–water partition coefficient (Wildman–Crippen LogP) is 3.89. The van der Waals surface area contributed by atoms with Gasteiger partial charge in [-0.3, -0.25) is 4.79 Å². The number of ether oxygens (including phenoxy) is 3. The van der Waals surface area contributed by atoms with Crippen molar-refractivity contribution in [2.75, 3.05) is 21.3 Å². The lowest BCUT2D eigenvalue weighted by Crippen LogP contribution is -2.37. The molecule has 0 N–H and O–H groups in total. The van der Waals surface area contributed by atoms with Gasteiger partial charge in [-0.1, -0.05) is 13.3 Å². The molecule has 0 radical (unpaired) electrons. The molecule has 1 aromatic rings. The molecule has 25 heavy (non-hydrogen) atoms. The van der Waals surface area contributed by atoms with E-state index in [2.05, 4.69) is 20.8 Å². The number of benzene rings is 1. The van der Waals surface area contributed by atoms with Crippen molar-refractivity contribution in [2.24, 2.45) is 11.8 Å². The molecule has 1 aliphatic carbocycles. The molecule has 2 rings (SSSR count). The fourth-order valence-corrected chi connectivity index (χ4v) is 3.37. The Labute approximate surface area is 151 Å². The van der Waals surface area contributed by atoms with Crippen molar-refractivity contribution in [2.45, 2.75) is 52.6 Å². The van der Waals surface area contributed by atoms with E-state index in [9.17, 15) is 4.79 Å². The van der Waals surface area contributed by atoms with Crippen molar-refractivity contribution < 1.29 is 19.0 Å². The van der Waals surface area contributed by atoms with Gasteiger partial charge in [0.1, 0.15) is 5.75 Å². The van der Waals surface area contributed by atoms with E-state index in [0.717, 1.165) is 24.8 Å². The number of carbonyl (C=O) groups is 1. The highest BCUT2D eigenvalue weighted by atomic mass is 16.5. The van der Waals surface area contributed by atoms with E-state index in [4.69, 9.17) is 14.2 Å². The first kappa shape index (κ1) is 19.4. The van der Waals surface area contributed by atoms with Gasteiger partial charge in [0.15, 0.2) is 11.5 Å². The van der Waals surface area contributed by atoms with E-state index < -0.39 is 0 Å². The highest BCUT2D eigenvalue weighted by Crippen LogP contribution is 2.44. The van der Waals surface area contributed by atoms with Gasteiger partial charge < -0.3 is 19.1 Å². The van der Waals surface area contributed by atoms with Crippen LogP contribution in [0.4, 0.5) is 0 Å². The monoisotopic (exact) mass is 349 g/mol. The largest absolute Gasteiger partial charge is 0.496 e. The number of rotatable bonds is 9. The molecule has 1 aromatic carbocycles. The normalized spacial score (nSPS) is 18.8. The van der Waals surface area contributed by atoms with Crippen LogP contribution in [-0.2, 0) is 11.3 Å². The summed E-state index contributed by atoms with van der Waals surface area (Å²) in [6, 6.07) is 3.85. The smallest absolute Gasteiger partial charge is 0.226 e. The third-order valence-electron chi connectivity index (χ3n) is 4.93. The summed E-state index contributed by atoms with van der Waals surface area (Å²) < 4.78 is 16.3. The van der Waals surface area contributed by atoms with Gasteiger partial charge >= 0.3 is 0 Å². The fraction of sp³-hybridized carbons (Fsp3) is 0.650. The molecule has 140 valence electrons. The minimum Gasteiger partial charge on any atom is -0.496 e. The summed E-state index contributed by atoms with van der Waals surface area (Å²) in [4.78, 5) is 14.9. The van der Waals surface area contributed by atoms with Crippen LogP contribution in [0.3, 0.4) is 0 Å². The maximum atomic E-state index is 12.9. The molecular weight excluding hydrogens is 318 g/mol. The molecule has 5 nitrogen and oxygen atoms in total. The summed E-state index contributed by atoms with van der Waals surface area (Å²) in [6.07, 6.45) is 3.31. The van der Waals surface area contributed by atoms with Gasteiger partial charge in [-0.15, -0.1) is 0 Å². The van der Waals surface area contributed by atoms with Crippen LogP contribution in [0.1, 0.15) is 45.6 Å². The molecule has 0 spiro atoms. The first-order valence-electron chi connectivity index (χ1n) is 9.06. The molecule has 0 unspecified atom stereocenters. The van der Waals surface area contributed by atoms with E-state index in [1.54, 1.807) is 21.3 Å². The van der Waals surface area contributed by atoms with Gasteiger partial charge in [-0.05, 0) is 38.7 Å². The average molecular weight is 349 g/mol. The van der Waals surface area contributed by atoms with Crippen molar-refractivity contribution in [1.29, 1.82) is 0 Å².